The Labute approximate surface area is 195 Å². The number of Topliss-reactive ketones (excluding diaryl/α,β-unsaturated/α-hetero) is 1. The zero-order valence-corrected chi connectivity index (χ0v) is 19.8. The van der Waals surface area contributed by atoms with E-state index in [2.05, 4.69) is 15.9 Å². The fraction of sp³-hybridized carbons (Fsp3) is 0.333. The number of amides is 1. The average molecular weight is 504 g/mol. The van der Waals surface area contributed by atoms with E-state index < -0.39 is 17.7 Å². The van der Waals surface area contributed by atoms with E-state index in [0.717, 1.165) is 0 Å². The summed E-state index contributed by atoms with van der Waals surface area (Å²) in [6.07, 6.45) is 0.561. The van der Waals surface area contributed by atoms with Gasteiger partial charge < -0.3 is 24.2 Å². The minimum atomic E-state index is -0.719. The van der Waals surface area contributed by atoms with Gasteiger partial charge in [0.2, 0.25) is 0 Å². The maximum Gasteiger partial charge on any atom is 0.295 e. The predicted octanol–water partition coefficient (Wildman–Crippen LogP) is 4.31. The smallest absolute Gasteiger partial charge is 0.295 e. The van der Waals surface area contributed by atoms with Crippen LogP contribution in [0.5, 0.6) is 11.5 Å². The number of hydrogen-bond donors (Lipinski definition) is 1. The fourth-order valence-electron chi connectivity index (χ4n) is 3.72. The van der Waals surface area contributed by atoms with Crippen LogP contribution in [0.2, 0.25) is 0 Å². The molecular formula is C24H26BrNO6. The number of likely N-dealkylation sites (tertiary alicyclic amines) is 1. The second-order valence-electron chi connectivity index (χ2n) is 7.19. The number of methoxy groups -OCH3 is 2. The van der Waals surface area contributed by atoms with E-state index in [0.29, 0.717) is 53.3 Å². The molecule has 1 atom stereocenters. The molecule has 0 bridgehead atoms. The van der Waals surface area contributed by atoms with Crippen LogP contribution in [-0.4, -0.2) is 55.7 Å². The lowest BCUT2D eigenvalue weighted by Gasteiger charge is -2.25. The molecular weight excluding hydrogens is 478 g/mol. The summed E-state index contributed by atoms with van der Waals surface area (Å²) in [6.45, 7) is 3.19. The molecule has 0 aliphatic carbocycles. The quantitative estimate of drug-likeness (QED) is 0.237. The van der Waals surface area contributed by atoms with Gasteiger partial charge in [0.1, 0.15) is 17.3 Å². The third kappa shape index (κ3) is 4.81. The van der Waals surface area contributed by atoms with E-state index in [4.69, 9.17) is 14.2 Å². The van der Waals surface area contributed by atoms with E-state index in [-0.39, 0.29) is 11.3 Å². The summed E-state index contributed by atoms with van der Waals surface area (Å²) in [5.41, 5.74) is 1.16. The molecule has 2 aromatic rings. The van der Waals surface area contributed by atoms with Crippen LogP contribution in [0, 0.1) is 0 Å². The van der Waals surface area contributed by atoms with Crippen LogP contribution in [0.3, 0.4) is 0 Å². The summed E-state index contributed by atoms with van der Waals surface area (Å²) in [5, 5.41) is 11.1. The first-order valence-corrected chi connectivity index (χ1v) is 11.1. The number of carbonyl (C=O) groups excluding carboxylic acids is 2. The largest absolute Gasteiger partial charge is 0.507 e. The van der Waals surface area contributed by atoms with Crippen molar-refractivity contribution in [2.45, 2.75) is 19.4 Å². The lowest BCUT2D eigenvalue weighted by Crippen LogP contribution is -2.31. The number of aliphatic hydroxyl groups excluding tert-OH is 1. The minimum Gasteiger partial charge on any atom is -0.507 e. The van der Waals surface area contributed by atoms with Gasteiger partial charge in [-0.25, -0.2) is 0 Å². The number of carbonyl (C=O) groups is 2. The Balaban J connectivity index is 2.10. The van der Waals surface area contributed by atoms with E-state index >= 15 is 0 Å². The lowest BCUT2D eigenvalue weighted by molar-refractivity contribution is -0.140. The zero-order chi connectivity index (χ0) is 23.3. The van der Waals surface area contributed by atoms with Gasteiger partial charge in [-0.3, -0.25) is 9.59 Å². The van der Waals surface area contributed by atoms with Crippen molar-refractivity contribution in [2.75, 3.05) is 34.0 Å². The van der Waals surface area contributed by atoms with Gasteiger partial charge in [-0.1, -0.05) is 12.1 Å². The number of hydrogen-bond acceptors (Lipinski definition) is 6. The highest BCUT2D eigenvalue weighted by atomic mass is 79.9. The summed E-state index contributed by atoms with van der Waals surface area (Å²) in [6, 6.07) is 11.5. The second-order valence-corrected chi connectivity index (χ2v) is 8.04. The summed E-state index contributed by atoms with van der Waals surface area (Å²) in [4.78, 5) is 27.4. The summed E-state index contributed by atoms with van der Waals surface area (Å²) < 4.78 is 16.5. The Bertz CT molecular complexity index is 1020. The van der Waals surface area contributed by atoms with E-state index in [1.165, 1.54) is 12.0 Å². The van der Waals surface area contributed by atoms with Crippen molar-refractivity contribution in [3.05, 3.63) is 63.6 Å². The SMILES string of the molecule is CCOc1ccc(C2/C(=C(/O)c3ccc(OC)c(Br)c3)C(=O)C(=O)N2CCCOC)cc1. The third-order valence-corrected chi connectivity index (χ3v) is 5.84. The first-order chi connectivity index (χ1) is 15.4. The maximum atomic E-state index is 13.0. The van der Waals surface area contributed by atoms with Crippen LogP contribution in [-0.2, 0) is 14.3 Å². The molecule has 0 saturated carbocycles. The number of halogens is 1. The molecule has 1 heterocycles. The van der Waals surface area contributed by atoms with Gasteiger partial charge in [0, 0.05) is 25.8 Å². The molecule has 2 aromatic carbocycles. The first kappa shape index (κ1) is 23.8. The molecule has 170 valence electrons. The molecule has 1 N–H and O–H groups in total. The van der Waals surface area contributed by atoms with Gasteiger partial charge in [-0.05, 0) is 65.2 Å². The highest BCUT2D eigenvalue weighted by Crippen LogP contribution is 2.40. The van der Waals surface area contributed by atoms with Crippen molar-refractivity contribution in [3.8, 4) is 11.5 Å². The van der Waals surface area contributed by atoms with Gasteiger partial charge >= 0.3 is 0 Å². The number of nitrogens with zero attached hydrogens (tertiary/aromatic N) is 1. The molecule has 8 heteroatoms. The number of aliphatic hydroxyl groups is 1. The van der Waals surface area contributed by atoms with Crippen LogP contribution >= 0.6 is 15.9 Å². The molecule has 0 aromatic heterocycles. The van der Waals surface area contributed by atoms with Crippen molar-refractivity contribution >= 4 is 33.4 Å². The average Bonchev–Trinajstić information content (AvgIpc) is 3.04. The van der Waals surface area contributed by atoms with Crippen molar-refractivity contribution in [1.82, 2.24) is 4.90 Å². The van der Waals surface area contributed by atoms with Gasteiger partial charge in [0.15, 0.2) is 0 Å². The summed E-state index contributed by atoms with van der Waals surface area (Å²) in [7, 11) is 3.12. The molecule has 32 heavy (non-hydrogen) atoms. The molecule has 3 rings (SSSR count). The number of benzene rings is 2. The fourth-order valence-corrected chi connectivity index (χ4v) is 4.26. The molecule has 7 nitrogen and oxygen atoms in total. The van der Waals surface area contributed by atoms with Crippen LogP contribution in [0.1, 0.15) is 30.5 Å². The molecule has 1 aliphatic heterocycles. The van der Waals surface area contributed by atoms with Crippen LogP contribution in [0.25, 0.3) is 5.76 Å². The van der Waals surface area contributed by atoms with E-state index in [1.807, 2.05) is 19.1 Å². The second kappa shape index (κ2) is 10.7. The third-order valence-electron chi connectivity index (χ3n) is 5.22. The molecule has 1 aliphatic rings. The van der Waals surface area contributed by atoms with E-state index in [9.17, 15) is 14.7 Å². The first-order valence-electron chi connectivity index (χ1n) is 10.3. The molecule has 0 spiro atoms. The maximum absolute atomic E-state index is 13.0. The van der Waals surface area contributed by atoms with Crippen LogP contribution in [0.4, 0.5) is 0 Å². The topological polar surface area (TPSA) is 85.3 Å². The Morgan fingerprint density at radius 3 is 2.44 bits per heavy atom. The van der Waals surface area contributed by atoms with Crippen molar-refractivity contribution in [3.63, 3.8) is 0 Å². The molecule has 1 unspecified atom stereocenters. The van der Waals surface area contributed by atoms with Crippen LogP contribution < -0.4 is 9.47 Å². The molecule has 1 fully saturated rings. The Hall–Kier alpha value is -2.84. The molecule has 1 saturated heterocycles. The van der Waals surface area contributed by atoms with Crippen molar-refractivity contribution < 1.29 is 28.9 Å². The standard InChI is InChI=1S/C24H26BrNO6/c1-4-32-17-9-6-15(7-10-17)21-20(23(28)24(29)26(21)12-5-13-30-2)22(27)16-8-11-19(31-3)18(25)14-16/h6-11,14,21,27H,4-5,12-13H2,1-3H3/b22-20-. The predicted molar refractivity (Wildman–Crippen MR) is 124 cm³/mol. The normalized spacial score (nSPS) is 17.6. The van der Waals surface area contributed by atoms with Crippen molar-refractivity contribution in [1.29, 1.82) is 0 Å². The lowest BCUT2D eigenvalue weighted by atomic mass is 9.95. The zero-order valence-electron chi connectivity index (χ0n) is 18.3. The Morgan fingerprint density at radius 2 is 1.84 bits per heavy atom. The highest BCUT2D eigenvalue weighted by molar-refractivity contribution is 9.10. The highest BCUT2D eigenvalue weighted by Gasteiger charge is 2.45. The van der Waals surface area contributed by atoms with Crippen LogP contribution in [0.15, 0.2) is 52.5 Å². The summed E-state index contributed by atoms with van der Waals surface area (Å²) >= 11 is 3.40. The van der Waals surface area contributed by atoms with Crippen molar-refractivity contribution in [2.24, 2.45) is 0 Å². The van der Waals surface area contributed by atoms with Gasteiger partial charge in [0.25, 0.3) is 11.7 Å². The molecule has 1 amide bonds. The van der Waals surface area contributed by atoms with Gasteiger partial charge in [-0.15, -0.1) is 0 Å². The van der Waals surface area contributed by atoms with E-state index in [1.54, 1.807) is 37.4 Å². The number of ketones is 1. The van der Waals surface area contributed by atoms with Gasteiger partial charge in [0.05, 0.1) is 29.8 Å². The Morgan fingerprint density at radius 1 is 1.12 bits per heavy atom. The number of ether oxygens (including phenoxy) is 3. The number of rotatable bonds is 9. The summed E-state index contributed by atoms with van der Waals surface area (Å²) in [5.74, 6) is -0.323. The Kier molecular flexibility index (Phi) is 7.93. The monoisotopic (exact) mass is 503 g/mol. The molecule has 0 radical (unpaired) electrons. The minimum absolute atomic E-state index is 0.0497. The van der Waals surface area contributed by atoms with Gasteiger partial charge in [-0.2, -0.15) is 0 Å².